The van der Waals surface area contributed by atoms with Gasteiger partial charge in [-0.15, -0.1) is 0 Å². The minimum atomic E-state index is -0.260. The Labute approximate surface area is 144 Å². The number of amides is 2. The van der Waals surface area contributed by atoms with Gasteiger partial charge in [-0.25, -0.2) is 4.79 Å². The molecular weight excluding hydrogens is 298 g/mol. The monoisotopic (exact) mass is 323 g/mol. The number of hydrogen-bond donors (Lipinski definition) is 2. The molecule has 24 heavy (non-hydrogen) atoms. The van der Waals surface area contributed by atoms with E-state index in [1.807, 2.05) is 63.3 Å². The molecule has 0 heterocycles. The van der Waals surface area contributed by atoms with Crippen molar-refractivity contribution in [2.45, 2.75) is 20.8 Å². The largest absolute Gasteiger partial charge is 0.334 e. The van der Waals surface area contributed by atoms with Gasteiger partial charge in [0.05, 0.1) is 5.70 Å². The standard InChI is InChI=1S/C20H25N3O/c1-6-9-15(4)22-16(5)18-10-12-19(13-11-18)23-20(24)21-14-17(7-2)8-3/h6-13H,2,5,14H2,1,3-4H3,(H2,21,23,24)/b9-6-,17-8?,22-15?. The second-order valence-electron chi connectivity index (χ2n) is 5.15. The molecule has 0 unspecified atom stereocenters. The van der Waals surface area contributed by atoms with E-state index in [1.54, 1.807) is 6.08 Å². The molecule has 1 aromatic rings. The van der Waals surface area contributed by atoms with Crippen molar-refractivity contribution in [3.63, 3.8) is 0 Å². The molecule has 0 saturated carbocycles. The highest BCUT2D eigenvalue weighted by Gasteiger charge is 2.03. The van der Waals surface area contributed by atoms with Crippen LogP contribution < -0.4 is 10.6 Å². The molecule has 4 heteroatoms. The quantitative estimate of drug-likeness (QED) is 0.541. The Morgan fingerprint density at radius 1 is 1.25 bits per heavy atom. The maximum absolute atomic E-state index is 11.9. The van der Waals surface area contributed by atoms with E-state index in [0.29, 0.717) is 17.9 Å². The van der Waals surface area contributed by atoms with Crippen molar-refractivity contribution in [2.75, 3.05) is 11.9 Å². The van der Waals surface area contributed by atoms with E-state index in [4.69, 9.17) is 0 Å². The zero-order chi connectivity index (χ0) is 17.9. The minimum absolute atomic E-state index is 0.260. The van der Waals surface area contributed by atoms with Crippen molar-refractivity contribution in [2.24, 2.45) is 4.99 Å². The van der Waals surface area contributed by atoms with E-state index in [0.717, 1.165) is 16.8 Å². The number of carbonyl (C=O) groups excluding carboxylic acids is 1. The fourth-order valence-electron chi connectivity index (χ4n) is 1.95. The molecule has 0 atom stereocenters. The summed E-state index contributed by atoms with van der Waals surface area (Å²) >= 11 is 0. The molecule has 0 aliphatic heterocycles. The molecule has 2 N–H and O–H groups in total. The SMILES string of the molecule is C=CC(=CC)CNC(=O)Nc1ccc(C(=C)N=C(C)/C=C\C)cc1. The molecule has 0 radical (unpaired) electrons. The molecular formula is C20H25N3O. The first-order valence-electron chi connectivity index (χ1n) is 7.80. The number of anilines is 1. The van der Waals surface area contributed by atoms with Crippen LogP contribution in [-0.2, 0) is 0 Å². The second kappa shape index (κ2) is 10.0. The van der Waals surface area contributed by atoms with Gasteiger partial charge in [-0.2, -0.15) is 0 Å². The van der Waals surface area contributed by atoms with E-state index < -0.39 is 0 Å². The third-order valence-corrected chi connectivity index (χ3v) is 3.28. The van der Waals surface area contributed by atoms with Crippen LogP contribution in [0.4, 0.5) is 10.5 Å². The van der Waals surface area contributed by atoms with E-state index in [9.17, 15) is 4.79 Å². The van der Waals surface area contributed by atoms with Crippen LogP contribution in [0.15, 0.2) is 72.3 Å². The van der Waals surface area contributed by atoms with Crippen molar-refractivity contribution in [3.05, 3.63) is 72.9 Å². The molecule has 0 aliphatic carbocycles. The highest BCUT2D eigenvalue weighted by molar-refractivity contribution is 5.96. The Hall–Kier alpha value is -2.88. The number of carbonyl (C=O) groups is 1. The van der Waals surface area contributed by atoms with Crippen molar-refractivity contribution in [1.82, 2.24) is 5.32 Å². The van der Waals surface area contributed by atoms with Crippen LogP contribution in [0.5, 0.6) is 0 Å². The van der Waals surface area contributed by atoms with E-state index in [-0.39, 0.29) is 6.03 Å². The van der Waals surface area contributed by atoms with Gasteiger partial charge in [0.15, 0.2) is 0 Å². The minimum Gasteiger partial charge on any atom is -0.334 e. The van der Waals surface area contributed by atoms with Crippen LogP contribution >= 0.6 is 0 Å². The van der Waals surface area contributed by atoms with E-state index in [2.05, 4.69) is 28.8 Å². The molecule has 2 amide bonds. The first kappa shape index (κ1) is 19.2. The van der Waals surface area contributed by atoms with Crippen LogP contribution in [0.25, 0.3) is 5.70 Å². The fraction of sp³-hybridized carbons (Fsp3) is 0.200. The predicted molar refractivity (Wildman–Crippen MR) is 104 cm³/mol. The molecule has 1 rings (SSSR count). The van der Waals surface area contributed by atoms with Crippen molar-refractivity contribution in [3.8, 4) is 0 Å². The maximum Gasteiger partial charge on any atom is 0.319 e. The van der Waals surface area contributed by atoms with Crippen LogP contribution in [0.2, 0.25) is 0 Å². The summed E-state index contributed by atoms with van der Waals surface area (Å²) in [5.74, 6) is 0. The lowest BCUT2D eigenvalue weighted by Crippen LogP contribution is -2.30. The lowest BCUT2D eigenvalue weighted by Gasteiger charge is -2.09. The maximum atomic E-state index is 11.9. The Balaban J connectivity index is 2.64. The summed E-state index contributed by atoms with van der Waals surface area (Å²) in [5, 5.41) is 5.56. The first-order valence-corrected chi connectivity index (χ1v) is 7.80. The van der Waals surface area contributed by atoms with Crippen LogP contribution in [0, 0.1) is 0 Å². The van der Waals surface area contributed by atoms with Crippen LogP contribution in [0.3, 0.4) is 0 Å². The lowest BCUT2D eigenvalue weighted by molar-refractivity contribution is 0.253. The van der Waals surface area contributed by atoms with Crippen molar-refractivity contribution in [1.29, 1.82) is 0 Å². The summed E-state index contributed by atoms with van der Waals surface area (Å²) in [6, 6.07) is 7.15. The zero-order valence-electron chi connectivity index (χ0n) is 14.6. The number of urea groups is 1. The summed E-state index contributed by atoms with van der Waals surface area (Å²) in [5.41, 5.74) is 4.16. The van der Waals surface area contributed by atoms with Gasteiger partial charge >= 0.3 is 6.03 Å². The zero-order valence-corrected chi connectivity index (χ0v) is 14.6. The smallest absolute Gasteiger partial charge is 0.319 e. The summed E-state index contributed by atoms with van der Waals surface area (Å²) in [4.78, 5) is 16.3. The van der Waals surface area contributed by atoms with Gasteiger partial charge in [-0.3, -0.25) is 4.99 Å². The summed E-state index contributed by atoms with van der Waals surface area (Å²) in [6.45, 7) is 13.9. The Kier molecular flexibility index (Phi) is 7.99. The summed E-state index contributed by atoms with van der Waals surface area (Å²) in [7, 11) is 0. The molecule has 0 spiro atoms. The number of rotatable bonds is 7. The molecule has 0 saturated heterocycles. The lowest BCUT2D eigenvalue weighted by atomic mass is 10.1. The average molecular weight is 323 g/mol. The Morgan fingerprint density at radius 3 is 2.46 bits per heavy atom. The number of allylic oxidation sites excluding steroid dienone is 3. The average Bonchev–Trinajstić information content (AvgIpc) is 2.56. The van der Waals surface area contributed by atoms with Crippen molar-refractivity contribution >= 4 is 23.1 Å². The summed E-state index contributed by atoms with van der Waals surface area (Å²) in [6.07, 6.45) is 7.48. The van der Waals surface area contributed by atoms with Gasteiger partial charge in [-0.05, 0) is 50.1 Å². The topological polar surface area (TPSA) is 53.5 Å². The molecule has 0 fully saturated rings. The fourth-order valence-corrected chi connectivity index (χ4v) is 1.95. The van der Waals surface area contributed by atoms with Crippen LogP contribution in [0.1, 0.15) is 26.3 Å². The molecule has 0 bridgehead atoms. The van der Waals surface area contributed by atoms with E-state index >= 15 is 0 Å². The molecule has 0 aliphatic rings. The molecule has 1 aromatic carbocycles. The molecule has 126 valence electrons. The van der Waals surface area contributed by atoms with Gasteiger partial charge in [0.1, 0.15) is 0 Å². The highest BCUT2D eigenvalue weighted by atomic mass is 16.2. The normalized spacial score (nSPS) is 12.1. The van der Waals surface area contributed by atoms with Crippen molar-refractivity contribution < 1.29 is 4.79 Å². The number of aliphatic imine (C=N–C) groups is 1. The Morgan fingerprint density at radius 2 is 1.92 bits per heavy atom. The number of benzene rings is 1. The third kappa shape index (κ3) is 6.48. The van der Waals surface area contributed by atoms with Crippen LogP contribution in [-0.4, -0.2) is 18.3 Å². The third-order valence-electron chi connectivity index (χ3n) is 3.28. The number of nitrogens with one attached hydrogen (secondary N) is 2. The highest BCUT2D eigenvalue weighted by Crippen LogP contribution is 2.17. The molecule has 0 aromatic heterocycles. The summed E-state index contributed by atoms with van der Waals surface area (Å²) < 4.78 is 0. The molecule has 4 nitrogen and oxygen atoms in total. The second-order valence-corrected chi connectivity index (χ2v) is 5.15. The van der Waals surface area contributed by atoms with Gasteiger partial charge in [0.25, 0.3) is 0 Å². The van der Waals surface area contributed by atoms with Gasteiger partial charge in [0.2, 0.25) is 0 Å². The predicted octanol–water partition coefficient (Wildman–Crippen LogP) is 4.95. The van der Waals surface area contributed by atoms with Gasteiger partial charge in [0, 0.05) is 17.9 Å². The van der Waals surface area contributed by atoms with E-state index in [1.165, 1.54) is 0 Å². The van der Waals surface area contributed by atoms with Gasteiger partial charge < -0.3 is 10.6 Å². The van der Waals surface area contributed by atoms with Gasteiger partial charge in [-0.1, -0.05) is 43.5 Å². The first-order chi connectivity index (χ1) is 11.5. The Bertz CT molecular complexity index is 679. The number of hydrogen-bond acceptors (Lipinski definition) is 2. The number of nitrogens with zero attached hydrogens (tertiary/aromatic N) is 1.